The van der Waals surface area contributed by atoms with Crippen LogP contribution in [0.15, 0.2) is 30.3 Å². The lowest BCUT2D eigenvalue weighted by Gasteiger charge is -2.01. The van der Waals surface area contributed by atoms with Crippen molar-refractivity contribution < 1.29 is 14.6 Å². The van der Waals surface area contributed by atoms with Crippen molar-refractivity contribution in [2.75, 3.05) is 0 Å². The highest BCUT2D eigenvalue weighted by Crippen LogP contribution is 2.31. The fourth-order valence-corrected chi connectivity index (χ4v) is 1.99. The number of carboxylic acid groups (broad SMARTS) is 1. The average Bonchev–Trinajstić information content (AvgIpc) is 2.44. The van der Waals surface area contributed by atoms with Crippen molar-refractivity contribution in [3.8, 4) is 5.06 Å². The van der Waals surface area contributed by atoms with Crippen LogP contribution in [0, 0.1) is 0 Å². The van der Waals surface area contributed by atoms with E-state index in [4.69, 9.17) is 0 Å². The molecule has 1 aromatic carbocycles. The second kappa shape index (κ2) is 3.06. The summed E-state index contributed by atoms with van der Waals surface area (Å²) < 4.78 is 5.42. The quantitative estimate of drug-likeness (QED) is 0.646. The summed E-state index contributed by atoms with van der Waals surface area (Å²) >= 11 is 1.28. The van der Waals surface area contributed by atoms with Crippen LogP contribution in [-0.2, 0) is 0 Å². The molecule has 0 fully saturated rings. The molecule has 1 aromatic heterocycles. The molecular weight excluding hydrogens is 188 g/mol. The van der Waals surface area contributed by atoms with Gasteiger partial charge in [0.25, 0.3) is 6.16 Å². The van der Waals surface area contributed by atoms with Gasteiger partial charge in [0.1, 0.15) is 5.06 Å². The molecule has 0 saturated carbocycles. The minimum atomic E-state index is -1.52. The van der Waals surface area contributed by atoms with Crippen LogP contribution in [0.25, 0.3) is 10.1 Å². The Bertz CT molecular complexity index is 414. The second-order valence-corrected chi connectivity index (χ2v) is 3.50. The summed E-state index contributed by atoms with van der Waals surface area (Å²) in [6.45, 7) is 0. The van der Waals surface area contributed by atoms with Crippen LogP contribution in [0.3, 0.4) is 0 Å². The van der Waals surface area contributed by atoms with Gasteiger partial charge in [-0.1, -0.05) is 18.2 Å². The van der Waals surface area contributed by atoms with Crippen molar-refractivity contribution in [1.29, 1.82) is 0 Å². The number of rotatable bonds is 1. The van der Waals surface area contributed by atoms with E-state index in [-0.39, 0.29) is 0 Å². The SMILES string of the molecule is O=C([O-])Oc1cc2ccccc2s1. The van der Waals surface area contributed by atoms with Crippen LogP contribution in [-0.4, -0.2) is 6.16 Å². The molecule has 0 bridgehead atoms. The summed E-state index contributed by atoms with van der Waals surface area (Å²) in [6.07, 6.45) is -1.52. The molecule has 0 N–H and O–H groups in total. The monoisotopic (exact) mass is 193 g/mol. The number of thiophene rings is 1. The first-order valence-electron chi connectivity index (χ1n) is 3.63. The zero-order valence-electron chi connectivity index (χ0n) is 6.52. The molecule has 0 atom stereocenters. The highest BCUT2D eigenvalue weighted by molar-refractivity contribution is 7.20. The minimum Gasteiger partial charge on any atom is -0.504 e. The lowest BCUT2D eigenvalue weighted by atomic mass is 10.3. The van der Waals surface area contributed by atoms with E-state index < -0.39 is 6.16 Å². The van der Waals surface area contributed by atoms with Crippen LogP contribution < -0.4 is 9.84 Å². The highest BCUT2D eigenvalue weighted by Gasteiger charge is 1.98. The fourth-order valence-electron chi connectivity index (χ4n) is 1.09. The van der Waals surface area contributed by atoms with Crippen LogP contribution in [0.2, 0.25) is 0 Å². The molecule has 0 aliphatic carbocycles. The number of carbonyl (C=O) groups is 1. The smallest absolute Gasteiger partial charge is 0.257 e. The largest absolute Gasteiger partial charge is 0.504 e. The van der Waals surface area contributed by atoms with Crippen molar-refractivity contribution in [2.45, 2.75) is 0 Å². The molecule has 2 aromatic rings. The molecule has 0 radical (unpaired) electrons. The van der Waals surface area contributed by atoms with Crippen molar-refractivity contribution >= 4 is 27.6 Å². The van der Waals surface area contributed by atoms with E-state index in [0.29, 0.717) is 5.06 Å². The molecule has 2 rings (SSSR count). The van der Waals surface area contributed by atoms with Gasteiger partial charge in [-0.15, -0.1) is 11.3 Å². The van der Waals surface area contributed by atoms with Crippen LogP contribution >= 0.6 is 11.3 Å². The first-order valence-corrected chi connectivity index (χ1v) is 4.45. The molecule has 0 aliphatic rings. The summed E-state index contributed by atoms with van der Waals surface area (Å²) in [5.41, 5.74) is 0. The molecule has 0 saturated heterocycles. The molecule has 0 spiro atoms. The summed E-state index contributed by atoms with van der Waals surface area (Å²) in [6, 6.07) is 9.26. The fraction of sp³-hybridized carbons (Fsp3) is 0. The third kappa shape index (κ3) is 1.62. The van der Waals surface area contributed by atoms with Gasteiger partial charge in [0.2, 0.25) is 0 Å². The molecule has 3 nitrogen and oxygen atoms in total. The lowest BCUT2D eigenvalue weighted by molar-refractivity contribution is -0.271. The number of carbonyl (C=O) groups excluding carboxylic acids is 1. The van der Waals surface area contributed by atoms with E-state index in [1.54, 1.807) is 6.07 Å². The third-order valence-electron chi connectivity index (χ3n) is 1.59. The maximum Gasteiger partial charge on any atom is 0.257 e. The van der Waals surface area contributed by atoms with Gasteiger partial charge in [-0.3, -0.25) is 0 Å². The zero-order valence-corrected chi connectivity index (χ0v) is 7.34. The molecule has 0 unspecified atom stereocenters. The van der Waals surface area contributed by atoms with Gasteiger partial charge >= 0.3 is 0 Å². The lowest BCUT2D eigenvalue weighted by Crippen LogP contribution is -2.25. The van der Waals surface area contributed by atoms with E-state index in [0.717, 1.165) is 10.1 Å². The van der Waals surface area contributed by atoms with Gasteiger partial charge in [0.05, 0.1) is 0 Å². The molecule has 1 heterocycles. The predicted molar refractivity (Wildman–Crippen MR) is 47.8 cm³/mol. The normalized spacial score (nSPS) is 10.2. The van der Waals surface area contributed by atoms with E-state index in [2.05, 4.69) is 4.74 Å². The summed E-state index contributed by atoms with van der Waals surface area (Å²) in [5, 5.41) is 11.4. The molecule has 13 heavy (non-hydrogen) atoms. The topological polar surface area (TPSA) is 49.4 Å². The summed E-state index contributed by atoms with van der Waals surface area (Å²) in [4.78, 5) is 10.1. The number of hydrogen-bond acceptors (Lipinski definition) is 4. The van der Waals surface area contributed by atoms with E-state index >= 15 is 0 Å². The van der Waals surface area contributed by atoms with Crippen molar-refractivity contribution in [2.24, 2.45) is 0 Å². The number of ether oxygens (including phenoxy) is 1. The Morgan fingerprint density at radius 2 is 2.15 bits per heavy atom. The molecule has 0 aliphatic heterocycles. The second-order valence-electron chi connectivity index (χ2n) is 2.46. The first kappa shape index (κ1) is 8.07. The number of hydrogen-bond donors (Lipinski definition) is 0. The Labute approximate surface area is 78.2 Å². The van der Waals surface area contributed by atoms with Gasteiger partial charge in [-0.05, 0) is 17.5 Å². The zero-order chi connectivity index (χ0) is 9.26. The minimum absolute atomic E-state index is 0.348. The number of benzene rings is 1. The molecule has 66 valence electrons. The third-order valence-corrected chi connectivity index (χ3v) is 2.58. The van der Waals surface area contributed by atoms with E-state index in [1.807, 2.05) is 24.3 Å². The van der Waals surface area contributed by atoms with Gasteiger partial charge in [0, 0.05) is 4.70 Å². The summed E-state index contributed by atoms with van der Waals surface area (Å²) in [5.74, 6) is 0. The standard InChI is InChI=1S/C9H6O3S/c10-9(11)12-8-5-6-3-1-2-4-7(6)13-8/h1-5H,(H,10,11)/p-1. The van der Waals surface area contributed by atoms with E-state index in [1.165, 1.54) is 11.3 Å². The number of fused-ring (bicyclic) bond motifs is 1. The van der Waals surface area contributed by atoms with Gasteiger partial charge in [-0.2, -0.15) is 0 Å². The van der Waals surface area contributed by atoms with Gasteiger partial charge in [0.15, 0.2) is 0 Å². The van der Waals surface area contributed by atoms with Crippen LogP contribution in [0.4, 0.5) is 4.79 Å². The van der Waals surface area contributed by atoms with Crippen molar-refractivity contribution in [3.05, 3.63) is 30.3 Å². The molecule has 0 amide bonds. The Morgan fingerprint density at radius 1 is 1.38 bits per heavy atom. The predicted octanol–water partition coefficient (Wildman–Crippen LogP) is 1.62. The molecular formula is C9H5O3S-. The summed E-state index contributed by atoms with van der Waals surface area (Å²) in [7, 11) is 0. The van der Waals surface area contributed by atoms with Crippen molar-refractivity contribution in [1.82, 2.24) is 0 Å². The van der Waals surface area contributed by atoms with Crippen molar-refractivity contribution in [3.63, 3.8) is 0 Å². The Balaban J connectivity index is 2.44. The van der Waals surface area contributed by atoms with Gasteiger partial charge < -0.3 is 14.6 Å². The average molecular weight is 193 g/mol. The molecule has 4 heteroatoms. The van der Waals surface area contributed by atoms with Crippen LogP contribution in [0.1, 0.15) is 0 Å². The Morgan fingerprint density at radius 3 is 2.85 bits per heavy atom. The van der Waals surface area contributed by atoms with Crippen LogP contribution in [0.5, 0.6) is 5.06 Å². The Kier molecular flexibility index (Phi) is 1.90. The maximum atomic E-state index is 10.1. The van der Waals surface area contributed by atoms with Gasteiger partial charge in [-0.25, -0.2) is 0 Å². The van der Waals surface area contributed by atoms with E-state index in [9.17, 15) is 9.90 Å². The Hall–Kier alpha value is -1.55. The highest BCUT2D eigenvalue weighted by atomic mass is 32.1. The maximum absolute atomic E-state index is 10.1. The first-order chi connectivity index (χ1) is 6.25.